The van der Waals surface area contributed by atoms with E-state index in [4.69, 9.17) is 0 Å². The monoisotopic (exact) mass is 182 g/mol. The average molecular weight is 182 g/mol. The summed E-state index contributed by atoms with van der Waals surface area (Å²) in [5, 5.41) is 4.08. The van der Waals surface area contributed by atoms with Crippen LogP contribution < -0.4 is 0 Å². The molecule has 1 aromatic heterocycles. The van der Waals surface area contributed by atoms with E-state index in [-0.39, 0.29) is 11.9 Å². The van der Waals surface area contributed by atoms with Gasteiger partial charge in [0.25, 0.3) is 0 Å². The molecule has 1 rings (SSSR count). The predicted molar refractivity (Wildman–Crippen MR) is 48.1 cm³/mol. The Balaban J connectivity index is 2.59. The second-order valence-electron chi connectivity index (χ2n) is 3.08. The largest absolute Gasteiger partial charge is 0.469 e. The van der Waals surface area contributed by atoms with Crippen molar-refractivity contribution in [3.63, 3.8) is 0 Å². The second-order valence-corrected chi connectivity index (χ2v) is 3.08. The molecule has 1 atom stereocenters. The topological polar surface area (TPSA) is 44.1 Å². The van der Waals surface area contributed by atoms with Crippen molar-refractivity contribution in [2.75, 3.05) is 7.11 Å². The molecule has 1 unspecified atom stereocenters. The number of esters is 1. The molecule has 1 aromatic rings. The number of carbonyl (C=O) groups excluding carboxylic acids is 1. The number of methoxy groups -OCH3 is 1. The average Bonchev–Trinajstić information content (AvgIpc) is 2.50. The van der Waals surface area contributed by atoms with E-state index in [0.29, 0.717) is 6.54 Å². The SMILES string of the molecule is COC(=O)C(C)Cn1nccc1C. The van der Waals surface area contributed by atoms with E-state index < -0.39 is 0 Å². The van der Waals surface area contributed by atoms with E-state index >= 15 is 0 Å². The summed E-state index contributed by atoms with van der Waals surface area (Å²) in [6.07, 6.45) is 1.72. The fraction of sp³-hybridized carbons (Fsp3) is 0.556. The van der Waals surface area contributed by atoms with Gasteiger partial charge in [0.15, 0.2) is 0 Å². The van der Waals surface area contributed by atoms with Crippen LogP contribution in [-0.4, -0.2) is 22.9 Å². The Morgan fingerprint density at radius 2 is 2.46 bits per heavy atom. The third kappa shape index (κ3) is 2.31. The van der Waals surface area contributed by atoms with Gasteiger partial charge in [-0.25, -0.2) is 0 Å². The standard InChI is InChI=1S/C9H14N2O2/c1-7(9(12)13-3)6-11-8(2)4-5-10-11/h4-5,7H,6H2,1-3H3. The summed E-state index contributed by atoms with van der Waals surface area (Å²) in [5.74, 6) is -0.349. The molecule has 0 aliphatic heterocycles. The number of aryl methyl sites for hydroxylation is 1. The zero-order valence-corrected chi connectivity index (χ0v) is 8.15. The normalized spacial score (nSPS) is 12.5. The van der Waals surface area contributed by atoms with Gasteiger partial charge in [-0.3, -0.25) is 9.48 Å². The summed E-state index contributed by atoms with van der Waals surface area (Å²) in [6.45, 7) is 4.36. The van der Waals surface area contributed by atoms with E-state index in [2.05, 4.69) is 9.84 Å². The molecule has 0 N–H and O–H groups in total. The van der Waals surface area contributed by atoms with Crippen LogP contribution in [0.3, 0.4) is 0 Å². The van der Waals surface area contributed by atoms with Gasteiger partial charge in [0, 0.05) is 11.9 Å². The van der Waals surface area contributed by atoms with Crippen molar-refractivity contribution in [3.8, 4) is 0 Å². The highest BCUT2D eigenvalue weighted by atomic mass is 16.5. The summed E-state index contributed by atoms with van der Waals surface area (Å²) in [5.41, 5.74) is 1.05. The fourth-order valence-electron chi connectivity index (χ4n) is 1.13. The quantitative estimate of drug-likeness (QED) is 0.655. The summed E-state index contributed by atoms with van der Waals surface area (Å²) in [7, 11) is 1.40. The van der Waals surface area contributed by atoms with Crippen LogP contribution in [0.1, 0.15) is 12.6 Å². The lowest BCUT2D eigenvalue weighted by atomic mass is 10.2. The van der Waals surface area contributed by atoms with E-state index in [9.17, 15) is 4.79 Å². The zero-order chi connectivity index (χ0) is 9.84. The van der Waals surface area contributed by atoms with Crippen molar-refractivity contribution in [1.29, 1.82) is 0 Å². The first-order valence-corrected chi connectivity index (χ1v) is 4.21. The molecule has 4 heteroatoms. The number of carbonyl (C=O) groups is 1. The van der Waals surface area contributed by atoms with Crippen LogP contribution in [-0.2, 0) is 16.1 Å². The number of hydrogen-bond donors (Lipinski definition) is 0. The highest BCUT2D eigenvalue weighted by molar-refractivity contribution is 5.71. The van der Waals surface area contributed by atoms with Crippen molar-refractivity contribution in [2.24, 2.45) is 5.92 Å². The molecule has 0 fully saturated rings. The fourth-order valence-corrected chi connectivity index (χ4v) is 1.13. The molecule has 0 amide bonds. The molecule has 0 aliphatic rings. The summed E-state index contributed by atoms with van der Waals surface area (Å²) < 4.78 is 6.41. The van der Waals surface area contributed by atoms with Crippen LogP contribution in [0.4, 0.5) is 0 Å². The highest BCUT2D eigenvalue weighted by Crippen LogP contribution is 2.04. The van der Waals surface area contributed by atoms with Gasteiger partial charge in [-0.1, -0.05) is 6.92 Å². The number of aromatic nitrogens is 2. The van der Waals surface area contributed by atoms with Crippen molar-refractivity contribution in [2.45, 2.75) is 20.4 Å². The number of ether oxygens (including phenoxy) is 1. The minimum absolute atomic E-state index is 0.149. The third-order valence-corrected chi connectivity index (χ3v) is 1.98. The van der Waals surface area contributed by atoms with Gasteiger partial charge in [-0.2, -0.15) is 5.10 Å². The summed E-state index contributed by atoms with van der Waals surface area (Å²) in [4.78, 5) is 11.1. The van der Waals surface area contributed by atoms with Crippen molar-refractivity contribution < 1.29 is 9.53 Å². The summed E-state index contributed by atoms with van der Waals surface area (Å²) in [6, 6.07) is 1.91. The molecule has 0 saturated carbocycles. The molecule has 0 radical (unpaired) electrons. The number of rotatable bonds is 3. The Labute approximate surface area is 77.5 Å². The predicted octanol–water partition coefficient (Wildman–Crippen LogP) is 1.00. The molecule has 0 aliphatic carbocycles. The smallest absolute Gasteiger partial charge is 0.310 e. The maximum Gasteiger partial charge on any atom is 0.310 e. The van der Waals surface area contributed by atoms with E-state index in [0.717, 1.165) is 5.69 Å². The zero-order valence-electron chi connectivity index (χ0n) is 8.15. The van der Waals surface area contributed by atoms with Gasteiger partial charge in [-0.05, 0) is 13.0 Å². The van der Waals surface area contributed by atoms with Crippen molar-refractivity contribution in [3.05, 3.63) is 18.0 Å². The van der Waals surface area contributed by atoms with Crippen LogP contribution in [0, 0.1) is 12.8 Å². The molecule has 0 bridgehead atoms. The van der Waals surface area contributed by atoms with E-state index in [1.54, 1.807) is 10.9 Å². The van der Waals surface area contributed by atoms with Crippen LogP contribution in [0.5, 0.6) is 0 Å². The van der Waals surface area contributed by atoms with Crippen LogP contribution in [0.25, 0.3) is 0 Å². The van der Waals surface area contributed by atoms with E-state index in [1.807, 2.05) is 19.9 Å². The Morgan fingerprint density at radius 3 is 2.92 bits per heavy atom. The van der Waals surface area contributed by atoms with Gasteiger partial charge in [0.2, 0.25) is 0 Å². The first kappa shape index (κ1) is 9.77. The lowest BCUT2D eigenvalue weighted by Gasteiger charge is -2.10. The first-order chi connectivity index (χ1) is 6.15. The minimum atomic E-state index is -0.199. The number of nitrogens with zero attached hydrogens (tertiary/aromatic N) is 2. The maximum absolute atomic E-state index is 11.1. The first-order valence-electron chi connectivity index (χ1n) is 4.21. The van der Waals surface area contributed by atoms with Crippen LogP contribution >= 0.6 is 0 Å². The Hall–Kier alpha value is -1.32. The third-order valence-electron chi connectivity index (χ3n) is 1.98. The highest BCUT2D eigenvalue weighted by Gasteiger charge is 2.14. The molecule has 4 nitrogen and oxygen atoms in total. The van der Waals surface area contributed by atoms with Crippen LogP contribution in [0.15, 0.2) is 12.3 Å². The Bertz CT molecular complexity index is 294. The Morgan fingerprint density at radius 1 is 1.77 bits per heavy atom. The van der Waals surface area contributed by atoms with Gasteiger partial charge >= 0.3 is 5.97 Å². The molecular formula is C9H14N2O2. The van der Waals surface area contributed by atoms with E-state index in [1.165, 1.54) is 7.11 Å². The van der Waals surface area contributed by atoms with Crippen LogP contribution in [0.2, 0.25) is 0 Å². The molecular weight excluding hydrogens is 168 g/mol. The summed E-state index contributed by atoms with van der Waals surface area (Å²) >= 11 is 0. The number of hydrogen-bond acceptors (Lipinski definition) is 3. The van der Waals surface area contributed by atoms with Gasteiger partial charge in [-0.15, -0.1) is 0 Å². The molecule has 1 heterocycles. The minimum Gasteiger partial charge on any atom is -0.469 e. The van der Waals surface area contributed by atoms with Gasteiger partial charge in [0.1, 0.15) is 0 Å². The van der Waals surface area contributed by atoms with Crippen molar-refractivity contribution >= 4 is 5.97 Å². The lowest BCUT2D eigenvalue weighted by Crippen LogP contribution is -2.19. The molecule has 13 heavy (non-hydrogen) atoms. The van der Waals surface area contributed by atoms with Gasteiger partial charge in [0.05, 0.1) is 19.6 Å². The van der Waals surface area contributed by atoms with Crippen molar-refractivity contribution in [1.82, 2.24) is 9.78 Å². The molecule has 72 valence electrons. The maximum atomic E-state index is 11.1. The van der Waals surface area contributed by atoms with Gasteiger partial charge < -0.3 is 4.74 Å². The molecule has 0 spiro atoms. The second kappa shape index (κ2) is 4.07. The lowest BCUT2D eigenvalue weighted by molar-refractivity contribution is -0.145. The molecule has 0 saturated heterocycles. The Kier molecular flexibility index (Phi) is 3.06. The molecule has 0 aromatic carbocycles.